The molecule has 0 aliphatic rings. The van der Waals surface area contributed by atoms with Crippen LogP contribution in [0.2, 0.25) is 0 Å². The van der Waals surface area contributed by atoms with Gasteiger partial charge in [-0.15, -0.1) is 13.2 Å². The molecule has 0 aliphatic carbocycles. The zero-order valence-corrected chi connectivity index (χ0v) is 17.1. The van der Waals surface area contributed by atoms with Crippen LogP contribution in [0.25, 0.3) is 11.1 Å². The van der Waals surface area contributed by atoms with Gasteiger partial charge in [-0.1, -0.05) is 44.1 Å². The molecule has 2 rings (SSSR count). The highest BCUT2D eigenvalue weighted by atomic mass is 79.9. The number of hydrogen-bond acceptors (Lipinski definition) is 2. The first-order chi connectivity index (χ1) is 12.2. The van der Waals surface area contributed by atoms with Crippen molar-refractivity contribution in [1.29, 1.82) is 0 Å². The van der Waals surface area contributed by atoms with Gasteiger partial charge in [0.25, 0.3) is 0 Å². The summed E-state index contributed by atoms with van der Waals surface area (Å²) in [6, 6.07) is 11.8. The quantitative estimate of drug-likeness (QED) is 0.477. The third kappa shape index (κ3) is 6.06. The summed E-state index contributed by atoms with van der Waals surface area (Å²) in [4.78, 5) is 0. The smallest absolute Gasteiger partial charge is 0.123 e. The van der Waals surface area contributed by atoms with Gasteiger partial charge in [0.05, 0.1) is 6.61 Å². The molecule has 0 spiro atoms. The Morgan fingerprint density at radius 3 is 2.46 bits per heavy atom. The average Bonchev–Trinajstić information content (AvgIpc) is 2.62. The molecule has 0 amide bonds. The van der Waals surface area contributed by atoms with Crippen LogP contribution in [-0.4, -0.2) is 11.7 Å². The summed E-state index contributed by atoms with van der Waals surface area (Å²) in [6.07, 6.45) is 8.70. The van der Waals surface area contributed by atoms with Crippen molar-refractivity contribution in [3.05, 3.63) is 72.8 Å². The average molecular weight is 416 g/mol. The molecule has 0 saturated carbocycles. The standard InChI is InChI=1S/C23H28O2.BrH/c1-4-7-8-15-25-23-14-12-19(17-20(23)10-6-3)21-16-18(9-5-2)11-13-22(21)24;/h5-6,11-14,16-17,24H,2-4,7-10,15H2,1H3;1H/p-1. The molecule has 3 heteroatoms. The van der Waals surface area contributed by atoms with Gasteiger partial charge in [-0.3, -0.25) is 0 Å². The van der Waals surface area contributed by atoms with Crippen LogP contribution in [0.15, 0.2) is 61.7 Å². The number of benzene rings is 2. The van der Waals surface area contributed by atoms with Crippen LogP contribution in [0.3, 0.4) is 0 Å². The molecule has 0 unspecified atom stereocenters. The summed E-state index contributed by atoms with van der Waals surface area (Å²) in [6.45, 7) is 10.6. The SMILES string of the molecule is C=CCc1ccc(O)c(-c2ccc(OCCCCC)c(CC=C)c2)c1.[Br-]. The van der Waals surface area contributed by atoms with E-state index in [1.54, 1.807) is 6.07 Å². The van der Waals surface area contributed by atoms with Crippen molar-refractivity contribution in [3.8, 4) is 22.6 Å². The van der Waals surface area contributed by atoms with Gasteiger partial charge in [0.1, 0.15) is 11.5 Å². The summed E-state index contributed by atoms with van der Waals surface area (Å²) < 4.78 is 5.95. The highest BCUT2D eigenvalue weighted by molar-refractivity contribution is 5.72. The Morgan fingerprint density at radius 2 is 1.77 bits per heavy atom. The Kier molecular flexibility index (Phi) is 9.82. The molecule has 1 N–H and O–H groups in total. The molecule has 2 nitrogen and oxygen atoms in total. The topological polar surface area (TPSA) is 29.5 Å². The molecular weight excluding hydrogens is 388 g/mol. The first kappa shape index (κ1) is 22.0. The van der Waals surface area contributed by atoms with E-state index < -0.39 is 0 Å². The monoisotopic (exact) mass is 415 g/mol. The number of allylic oxidation sites excluding steroid dienone is 2. The molecule has 0 bridgehead atoms. The van der Waals surface area contributed by atoms with Crippen LogP contribution < -0.4 is 21.7 Å². The van der Waals surface area contributed by atoms with Gasteiger partial charge in [0.2, 0.25) is 0 Å². The van der Waals surface area contributed by atoms with Crippen LogP contribution in [0.5, 0.6) is 11.5 Å². The van der Waals surface area contributed by atoms with Crippen molar-refractivity contribution in [2.45, 2.75) is 39.0 Å². The van der Waals surface area contributed by atoms with Crippen LogP contribution in [0.4, 0.5) is 0 Å². The molecule has 0 aromatic heterocycles. The van der Waals surface area contributed by atoms with Crippen molar-refractivity contribution in [1.82, 2.24) is 0 Å². The van der Waals surface area contributed by atoms with Gasteiger partial charge in [-0.05, 0) is 60.2 Å². The predicted molar refractivity (Wildman–Crippen MR) is 106 cm³/mol. The number of rotatable bonds is 10. The van der Waals surface area contributed by atoms with Crippen molar-refractivity contribution >= 4 is 0 Å². The van der Waals surface area contributed by atoms with Crippen molar-refractivity contribution < 1.29 is 26.8 Å². The second-order valence-electron chi connectivity index (χ2n) is 6.22. The number of unbranched alkanes of at least 4 members (excludes halogenated alkanes) is 2. The van der Waals surface area contributed by atoms with Crippen molar-refractivity contribution in [2.24, 2.45) is 0 Å². The highest BCUT2D eigenvalue weighted by Gasteiger charge is 2.10. The van der Waals surface area contributed by atoms with Crippen molar-refractivity contribution in [2.75, 3.05) is 6.61 Å². The van der Waals surface area contributed by atoms with E-state index in [0.717, 1.165) is 53.9 Å². The van der Waals surface area contributed by atoms with E-state index in [9.17, 15) is 5.11 Å². The lowest BCUT2D eigenvalue weighted by molar-refractivity contribution is -0.00000657. The van der Waals surface area contributed by atoms with Crippen LogP contribution in [0.1, 0.15) is 37.3 Å². The number of aromatic hydroxyl groups is 1. The lowest BCUT2D eigenvalue weighted by atomic mass is 9.97. The number of hydrogen-bond donors (Lipinski definition) is 1. The van der Waals surface area contributed by atoms with Crippen LogP contribution in [0, 0.1) is 0 Å². The van der Waals surface area contributed by atoms with Gasteiger partial charge in [-0.2, -0.15) is 0 Å². The fourth-order valence-electron chi connectivity index (χ4n) is 2.85. The molecule has 0 heterocycles. The highest BCUT2D eigenvalue weighted by Crippen LogP contribution is 2.33. The summed E-state index contributed by atoms with van der Waals surface area (Å²) in [5, 5.41) is 10.3. The summed E-state index contributed by atoms with van der Waals surface area (Å²) in [5.41, 5.74) is 4.05. The van der Waals surface area contributed by atoms with E-state index in [4.69, 9.17) is 4.74 Å². The van der Waals surface area contributed by atoms with Gasteiger partial charge in [0.15, 0.2) is 0 Å². The fourth-order valence-corrected chi connectivity index (χ4v) is 2.85. The zero-order chi connectivity index (χ0) is 18.1. The van der Waals surface area contributed by atoms with Crippen LogP contribution in [-0.2, 0) is 12.8 Å². The zero-order valence-electron chi connectivity index (χ0n) is 15.5. The van der Waals surface area contributed by atoms with Gasteiger partial charge < -0.3 is 26.8 Å². The van der Waals surface area contributed by atoms with E-state index in [1.165, 1.54) is 12.8 Å². The lowest BCUT2D eigenvalue weighted by Gasteiger charge is -2.14. The Balaban J connectivity index is 0.00000338. The molecule has 26 heavy (non-hydrogen) atoms. The second-order valence-corrected chi connectivity index (χ2v) is 6.22. The van der Waals surface area contributed by atoms with Gasteiger partial charge in [0, 0.05) is 5.56 Å². The summed E-state index contributed by atoms with van der Waals surface area (Å²) in [7, 11) is 0. The first-order valence-electron chi connectivity index (χ1n) is 8.99. The van der Waals surface area contributed by atoms with E-state index in [2.05, 4.69) is 26.1 Å². The maximum Gasteiger partial charge on any atom is 0.123 e. The predicted octanol–water partition coefficient (Wildman–Crippen LogP) is 3.09. The molecule has 2 aromatic rings. The van der Waals surface area contributed by atoms with Gasteiger partial charge >= 0.3 is 0 Å². The molecule has 0 atom stereocenters. The lowest BCUT2D eigenvalue weighted by Crippen LogP contribution is -3.00. The minimum absolute atomic E-state index is 0. The third-order valence-electron chi connectivity index (χ3n) is 4.18. The summed E-state index contributed by atoms with van der Waals surface area (Å²) in [5.74, 6) is 1.19. The number of halogens is 1. The van der Waals surface area contributed by atoms with Gasteiger partial charge in [-0.25, -0.2) is 0 Å². The summed E-state index contributed by atoms with van der Waals surface area (Å²) >= 11 is 0. The minimum Gasteiger partial charge on any atom is -1.00 e. The minimum atomic E-state index is 0. The second kappa shape index (κ2) is 11.6. The number of phenolic OH excluding ortho intramolecular Hbond substituents is 1. The van der Waals surface area contributed by atoms with E-state index in [1.807, 2.05) is 36.4 Å². The number of ether oxygens (including phenoxy) is 1. The maximum absolute atomic E-state index is 10.3. The Hall–Kier alpha value is -2.00. The molecule has 140 valence electrons. The molecule has 0 aliphatic heterocycles. The largest absolute Gasteiger partial charge is 1.00 e. The Bertz CT molecular complexity index is 722. The third-order valence-corrected chi connectivity index (χ3v) is 4.18. The molecule has 0 fully saturated rings. The Labute approximate surface area is 168 Å². The fraction of sp³-hybridized carbons (Fsp3) is 0.304. The van der Waals surface area contributed by atoms with Crippen molar-refractivity contribution in [3.63, 3.8) is 0 Å². The van der Waals surface area contributed by atoms with Crippen LogP contribution >= 0.6 is 0 Å². The molecule has 0 saturated heterocycles. The van der Waals surface area contributed by atoms with E-state index >= 15 is 0 Å². The Morgan fingerprint density at radius 1 is 1.00 bits per heavy atom. The maximum atomic E-state index is 10.3. The molecule has 0 radical (unpaired) electrons. The first-order valence-corrected chi connectivity index (χ1v) is 8.99. The molecular formula is C23H28BrO2-. The normalized spacial score (nSPS) is 10.0. The number of phenols is 1. The van der Waals surface area contributed by atoms with E-state index in [0.29, 0.717) is 0 Å². The van der Waals surface area contributed by atoms with E-state index in [-0.39, 0.29) is 22.7 Å². The molecule has 2 aromatic carbocycles.